The van der Waals surface area contributed by atoms with E-state index in [1.54, 1.807) is 13.8 Å². The van der Waals surface area contributed by atoms with Gasteiger partial charge in [-0.05, 0) is 79.2 Å². The van der Waals surface area contributed by atoms with Crippen molar-refractivity contribution >= 4 is 20.0 Å². The first-order valence-corrected chi connectivity index (χ1v) is 14.3. The molecule has 0 fully saturated rings. The van der Waals surface area contributed by atoms with Crippen molar-refractivity contribution in [3.8, 4) is 12.1 Å². The molecule has 0 aliphatic heterocycles. The molecule has 2 N–H and O–H groups in total. The zero-order valence-electron chi connectivity index (χ0n) is 20.6. The van der Waals surface area contributed by atoms with E-state index in [4.69, 9.17) is 4.43 Å². The molecule has 2 unspecified atom stereocenters. The highest BCUT2D eigenvalue weighted by atomic mass is 28.4. The lowest BCUT2D eigenvalue weighted by Crippen LogP contribution is -2.33. The molecule has 0 aliphatic rings. The Bertz CT molecular complexity index is 715. The van der Waals surface area contributed by atoms with E-state index in [2.05, 4.69) is 40.0 Å². The highest BCUT2D eigenvalue weighted by Gasteiger charge is 2.29. The summed E-state index contributed by atoms with van der Waals surface area (Å²) < 4.78 is 6.02. The predicted molar refractivity (Wildman–Crippen MR) is 126 cm³/mol. The predicted octanol–water partition coefficient (Wildman–Crippen LogP) is 3.49. The van der Waals surface area contributed by atoms with Crippen LogP contribution in [0.2, 0.25) is 19.1 Å². The molecule has 32 heavy (non-hydrogen) atoms. The number of carbonyl (C=O) groups is 2. The molecule has 0 aromatic carbocycles. The zero-order valence-corrected chi connectivity index (χ0v) is 21.6. The average Bonchev–Trinajstić information content (AvgIpc) is 2.75. The van der Waals surface area contributed by atoms with Crippen LogP contribution in [0.15, 0.2) is 10.2 Å². The molecule has 0 aromatic heterocycles. The number of hydrogen-bond acceptors (Lipinski definition) is 8. The van der Waals surface area contributed by atoms with Gasteiger partial charge < -0.3 is 19.9 Å². The standard InChI is InChI=1S/C22H40N6O3Si/c1-19(29)9-11-21(2,17-23)27-28-22(3,18-24)12-10-20(30)26-14-8-16-32(5,6)31-15-7-13-25-4/h25H,7-16H2,1-6H3,(H,26,30). The second kappa shape index (κ2) is 14.8. The monoisotopic (exact) mass is 464 g/mol. The van der Waals surface area contributed by atoms with E-state index < -0.39 is 19.4 Å². The van der Waals surface area contributed by atoms with Crippen LogP contribution in [0, 0.1) is 22.7 Å². The molecule has 0 rings (SSSR count). The summed E-state index contributed by atoms with van der Waals surface area (Å²) in [6.45, 7) is 11.3. The Hall–Kier alpha value is -2.14. The Morgan fingerprint density at radius 1 is 1.00 bits per heavy atom. The maximum atomic E-state index is 12.2. The van der Waals surface area contributed by atoms with E-state index in [1.807, 2.05) is 13.1 Å². The zero-order chi connectivity index (χ0) is 24.7. The van der Waals surface area contributed by atoms with Gasteiger partial charge in [-0.3, -0.25) is 4.79 Å². The summed E-state index contributed by atoms with van der Waals surface area (Å²) in [7, 11) is 0.201. The highest BCUT2D eigenvalue weighted by molar-refractivity contribution is 6.71. The van der Waals surface area contributed by atoms with Gasteiger partial charge in [-0.2, -0.15) is 20.8 Å². The lowest BCUT2D eigenvalue weighted by Gasteiger charge is -2.23. The normalized spacial score (nSPS) is 15.4. The molecule has 0 aromatic rings. The summed E-state index contributed by atoms with van der Waals surface area (Å²) >= 11 is 0. The molecule has 0 spiro atoms. The van der Waals surface area contributed by atoms with Gasteiger partial charge in [-0.1, -0.05) is 0 Å². The van der Waals surface area contributed by atoms with Crippen LogP contribution < -0.4 is 10.6 Å². The maximum absolute atomic E-state index is 12.2. The average molecular weight is 465 g/mol. The minimum absolute atomic E-state index is 0.0344. The molecule has 0 saturated carbocycles. The second-order valence-corrected chi connectivity index (χ2v) is 13.5. The van der Waals surface area contributed by atoms with Crippen LogP contribution in [0.3, 0.4) is 0 Å². The van der Waals surface area contributed by atoms with Gasteiger partial charge >= 0.3 is 0 Å². The SMILES string of the molecule is CNCCCO[Si](C)(C)CCCNC(=O)CCC(C)(C#N)N=NC(C)(C#N)CCC(C)=O. The van der Waals surface area contributed by atoms with Crippen LogP contribution in [0.4, 0.5) is 0 Å². The Balaban J connectivity index is 4.47. The molecule has 2 atom stereocenters. The molecule has 0 aliphatic carbocycles. The van der Waals surface area contributed by atoms with Gasteiger partial charge in [0.25, 0.3) is 0 Å². The fourth-order valence-corrected chi connectivity index (χ4v) is 4.62. The Kier molecular flexibility index (Phi) is 13.8. The van der Waals surface area contributed by atoms with Gasteiger partial charge in [0, 0.05) is 26.0 Å². The number of azo groups is 1. The third-order valence-corrected chi connectivity index (χ3v) is 7.66. The summed E-state index contributed by atoms with van der Waals surface area (Å²) in [6, 6.07) is 5.09. The summed E-state index contributed by atoms with van der Waals surface area (Å²) in [5.74, 6) is -0.177. The van der Waals surface area contributed by atoms with Crippen molar-refractivity contribution in [1.82, 2.24) is 10.6 Å². The first kappa shape index (κ1) is 29.9. The minimum atomic E-state index is -1.72. The van der Waals surface area contributed by atoms with Gasteiger partial charge in [0.1, 0.15) is 5.78 Å². The van der Waals surface area contributed by atoms with E-state index in [1.165, 1.54) is 6.92 Å². The molecule has 9 nitrogen and oxygen atoms in total. The van der Waals surface area contributed by atoms with E-state index in [-0.39, 0.29) is 37.4 Å². The molecule has 180 valence electrons. The number of nitrogens with zero attached hydrogens (tertiary/aromatic N) is 4. The molecule has 1 amide bonds. The highest BCUT2D eigenvalue weighted by Crippen LogP contribution is 2.23. The lowest BCUT2D eigenvalue weighted by atomic mass is 9.97. The number of nitrogens with one attached hydrogen (secondary N) is 2. The summed E-state index contributed by atoms with van der Waals surface area (Å²) in [5, 5.41) is 33.0. The summed E-state index contributed by atoms with van der Waals surface area (Å²) in [4.78, 5) is 23.4. The van der Waals surface area contributed by atoms with Gasteiger partial charge in [0.05, 0.1) is 12.1 Å². The Labute approximate surface area is 194 Å². The topological polar surface area (TPSA) is 140 Å². The molecular weight excluding hydrogens is 424 g/mol. The van der Waals surface area contributed by atoms with E-state index in [0.717, 1.165) is 32.0 Å². The third kappa shape index (κ3) is 14.0. The number of rotatable bonds is 17. The van der Waals surface area contributed by atoms with Crippen LogP contribution in [-0.4, -0.2) is 57.8 Å². The molecule has 0 radical (unpaired) electrons. The summed E-state index contributed by atoms with van der Waals surface area (Å²) in [5.41, 5.74) is -2.38. The van der Waals surface area contributed by atoms with Crippen LogP contribution >= 0.6 is 0 Å². The lowest BCUT2D eigenvalue weighted by molar-refractivity contribution is -0.121. The Morgan fingerprint density at radius 2 is 1.56 bits per heavy atom. The van der Waals surface area contributed by atoms with E-state index >= 15 is 0 Å². The van der Waals surface area contributed by atoms with Crippen molar-refractivity contribution in [2.75, 3.05) is 26.7 Å². The third-order valence-electron chi connectivity index (χ3n) is 5.12. The minimum Gasteiger partial charge on any atom is -0.417 e. The number of amides is 1. The van der Waals surface area contributed by atoms with Crippen LogP contribution in [-0.2, 0) is 14.0 Å². The van der Waals surface area contributed by atoms with Crippen molar-refractivity contribution in [1.29, 1.82) is 10.5 Å². The van der Waals surface area contributed by atoms with Crippen LogP contribution in [0.1, 0.15) is 59.3 Å². The van der Waals surface area contributed by atoms with E-state index in [9.17, 15) is 20.1 Å². The first-order valence-electron chi connectivity index (χ1n) is 11.2. The number of ketones is 1. The van der Waals surface area contributed by atoms with Crippen molar-refractivity contribution in [2.45, 2.75) is 89.5 Å². The van der Waals surface area contributed by atoms with Crippen molar-refractivity contribution < 1.29 is 14.0 Å². The molecular formula is C22H40N6O3Si. The van der Waals surface area contributed by atoms with Gasteiger partial charge in [-0.15, -0.1) is 0 Å². The molecule has 0 heterocycles. The number of nitriles is 2. The maximum Gasteiger partial charge on any atom is 0.220 e. The fourth-order valence-electron chi connectivity index (χ4n) is 2.75. The molecule has 0 saturated heterocycles. The number of Topliss-reactive ketones (excluding diaryl/α,β-unsaturated/α-hetero) is 1. The molecule has 10 heteroatoms. The first-order chi connectivity index (χ1) is 14.9. The van der Waals surface area contributed by atoms with Crippen molar-refractivity contribution in [3.63, 3.8) is 0 Å². The van der Waals surface area contributed by atoms with Crippen molar-refractivity contribution in [3.05, 3.63) is 0 Å². The molecule has 0 bridgehead atoms. The summed E-state index contributed by atoms with van der Waals surface area (Å²) in [6.07, 6.45) is 2.63. The quantitative estimate of drug-likeness (QED) is 0.192. The van der Waals surface area contributed by atoms with Crippen molar-refractivity contribution in [2.24, 2.45) is 10.2 Å². The van der Waals surface area contributed by atoms with E-state index in [0.29, 0.717) is 6.54 Å². The largest absolute Gasteiger partial charge is 0.417 e. The number of carbonyl (C=O) groups excluding carboxylic acids is 2. The van der Waals surface area contributed by atoms with Gasteiger partial charge in [-0.25, -0.2) is 0 Å². The Morgan fingerprint density at radius 3 is 2.06 bits per heavy atom. The smallest absolute Gasteiger partial charge is 0.220 e. The number of hydrogen-bond donors (Lipinski definition) is 2. The van der Waals surface area contributed by atoms with Gasteiger partial charge in [0.2, 0.25) is 5.91 Å². The van der Waals surface area contributed by atoms with Crippen LogP contribution in [0.5, 0.6) is 0 Å². The van der Waals surface area contributed by atoms with Gasteiger partial charge in [0.15, 0.2) is 19.4 Å². The second-order valence-electron chi connectivity index (χ2n) is 9.19. The van der Waals surface area contributed by atoms with Crippen LogP contribution in [0.25, 0.3) is 0 Å². The fraction of sp³-hybridized carbons (Fsp3) is 0.818.